The van der Waals surface area contributed by atoms with Gasteiger partial charge < -0.3 is 4.74 Å². The molecule has 2 unspecified atom stereocenters. The fourth-order valence-electron chi connectivity index (χ4n) is 2.98. The van der Waals surface area contributed by atoms with E-state index in [-0.39, 0.29) is 23.7 Å². The number of hydrogen-bond acceptors (Lipinski definition) is 3. The summed E-state index contributed by atoms with van der Waals surface area (Å²) >= 11 is 0. The summed E-state index contributed by atoms with van der Waals surface area (Å²) in [4.78, 5) is 22.9. The van der Waals surface area contributed by atoms with Gasteiger partial charge in [-0.15, -0.1) is 0 Å². The highest BCUT2D eigenvalue weighted by molar-refractivity contribution is 5.95. The first-order valence-electron chi connectivity index (χ1n) is 7.19. The lowest BCUT2D eigenvalue weighted by Crippen LogP contribution is -2.26. The predicted molar refractivity (Wildman–Crippen MR) is 75.4 cm³/mol. The van der Waals surface area contributed by atoms with Crippen LogP contribution in [-0.2, 0) is 14.3 Å². The third-order valence-electron chi connectivity index (χ3n) is 3.84. The maximum atomic E-state index is 11.7. The minimum absolute atomic E-state index is 0.208. The molecule has 1 aliphatic heterocycles. The quantitative estimate of drug-likeness (QED) is 0.416. The first-order valence-corrected chi connectivity index (χ1v) is 7.19. The van der Waals surface area contributed by atoms with E-state index in [1.807, 2.05) is 13.8 Å². The Morgan fingerprint density at radius 2 is 2.11 bits per heavy atom. The lowest BCUT2D eigenvalue weighted by Gasteiger charge is -2.26. The largest absolute Gasteiger partial charge is 0.393 e. The fourth-order valence-corrected chi connectivity index (χ4v) is 2.98. The van der Waals surface area contributed by atoms with Crippen molar-refractivity contribution in [2.45, 2.75) is 60.3 Å². The Labute approximate surface area is 116 Å². The van der Waals surface area contributed by atoms with Gasteiger partial charge in [-0.3, -0.25) is 9.59 Å². The molecule has 1 aliphatic rings. The molecule has 0 spiro atoms. The summed E-state index contributed by atoms with van der Waals surface area (Å²) in [6, 6.07) is 0. The highest BCUT2D eigenvalue weighted by Gasteiger charge is 2.42. The van der Waals surface area contributed by atoms with E-state index in [1.165, 1.54) is 18.4 Å². The molecular weight excluding hydrogens is 240 g/mol. The minimum Gasteiger partial charge on any atom is -0.393 e. The molecule has 0 radical (unpaired) electrons. The van der Waals surface area contributed by atoms with Gasteiger partial charge in [0, 0.05) is 0 Å². The van der Waals surface area contributed by atoms with Crippen molar-refractivity contribution in [2.75, 3.05) is 0 Å². The molecular formula is C16H26O3. The van der Waals surface area contributed by atoms with E-state index in [2.05, 4.69) is 31.6 Å². The van der Waals surface area contributed by atoms with E-state index in [0.717, 1.165) is 6.42 Å². The number of cyclic esters (lactones) is 2. The van der Waals surface area contributed by atoms with Crippen LogP contribution in [0.5, 0.6) is 0 Å². The highest BCUT2D eigenvalue weighted by Crippen LogP contribution is 2.37. The Balaban J connectivity index is 2.71. The summed E-state index contributed by atoms with van der Waals surface area (Å²) in [5.74, 6) is -0.445. The SMILES string of the molecule is CCCC(C)C/C(C)=C\C(C)(C)C1CC(=O)OC1=O. The number of ether oxygens (including phenoxy) is 1. The minimum atomic E-state index is -0.395. The molecule has 1 rings (SSSR count). The number of carbonyl (C=O) groups is 2. The Morgan fingerprint density at radius 3 is 2.58 bits per heavy atom. The van der Waals surface area contributed by atoms with Crippen LogP contribution in [0, 0.1) is 17.3 Å². The van der Waals surface area contributed by atoms with Gasteiger partial charge in [0.2, 0.25) is 0 Å². The summed E-state index contributed by atoms with van der Waals surface area (Å²) in [5, 5.41) is 0. The molecule has 0 N–H and O–H groups in total. The summed E-state index contributed by atoms with van der Waals surface area (Å²) in [6.07, 6.45) is 5.81. The second-order valence-electron chi connectivity index (χ2n) is 6.46. The van der Waals surface area contributed by atoms with Crippen LogP contribution in [0.2, 0.25) is 0 Å². The van der Waals surface area contributed by atoms with Crippen LogP contribution >= 0.6 is 0 Å². The number of esters is 2. The molecule has 0 aromatic heterocycles. The lowest BCUT2D eigenvalue weighted by molar-refractivity contribution is -0.153. The third-order valence-corrected chi connectivity index (χ3v) is 3.84. The number of allylic oxidation sites excluding steroid dienone is 2. The molecule has 0 aromatic rings. The summed E-state index contributed by atoms with van der Waals surface area (Å²) in [7, 11) is 0. The van der Waals surface area contributed by atoms with Crippen molar-refractivity contribution >= 4 is 11.9 Å². The van der Waals surface area contributed by atoms with Gasteiger partial charge in [0.15, 0.2) is 0 Å². The first-order chi connectivity index (χ1) is 8.76. The summed E-state index contributed by atoms with van der Waals surface area (Å²) in [5.41, 5.74) is 0.970. The molecule has 108 valence electrons. The maximum Gasteiger partial charge on any atom is 0.318 e. The van der Waals surface area contributed by atoms with Gasteiger partial charge in [0.1, 0.15) is 0 Å². The molecule has 3 nitrogen and oxygen atoms in total. The molecule has 0 saturated carbocycles. The normalized spacial score (nSPS) is 22.6. The lowest BCUT2D eigenvalue weighted by atomic mass is 9.76. The van der Waals surface area contributed by atoms with Gasteiger partial charge in [0.25, 0.3) is 0 Å². The van der Waals surface area contributed by atoms with Crippen molar-refractivity contribution in [2.24, 2.45) is 17.3 Å². The molecule has 0 aliphatic carbocycles. The van der Waals surface area contributed by atoms with Gasteiger partial charge in [-0.25, -0.2) is 0 Å². The van der Waals surface area contributed by atoms with E-state index in [4.69, 9.17) is 0 Å². The van der Waals surface area contributed by atoms with Crippen molar-refractivity contribution in [1.29, 1.82) is 0 Å². The molecule has 0 amide bonds. The van der Waals surface area contributed by atoms with Gasteiger partial charge in [-0.05, 0) is 24.7 Å². The van der Waals surface area contributed by atoms with Crippen molar-refractivity contribution in [3.05, 3.63) is 11.6 Å². The Hall–Kier alpha value is -1.12. The molecule has 2 atom stereocenters. The number of carbonyl (C=O) groups excluding carboxylic acids is 2. The van der Waals surface area contributed by atoms with Crippen molar-refractivity contribution in [3.8, 4) is 0 Å². The Kier molecular flexibility index (Phi) is 5.33. The topological polar surface area (TPSA) is 43.4 Å². The van der Waals surface area contributed by atoms with Gasteiger partial charge in [0.05, 0.1) is 12.3 Å². The van der Waals surface area contributed by atoms with E-state index in [1.54, 1.807) is 0 Å². The summed E-state index contributed by atoms with van der Waals surface area (Å²) in [6.45, 7) is 10.6. The number of hydrogen-bond donors (Lipinski definition) is 0. The van der Waals surface area contributed by atoms with Gasteiger partial charge in [-0.2, -0.15) is 0 Å². The summed E-state index contributed by atoms with van der Waals surface area (Å²) < 4.78 is 4.65. The maximum absolute atomic E-state index is 11.7. The van der Waals surface area contributed by atoms with Crippen LogP contribution in [-0.4, -0.2) is 11.9 Å². The molecule has 19 heavy (non-hydrogen) atoms. The zero-order valence-electron chi connectivity index (χ0n) is 12.8. The predicted octanol–water partition coefficient (Wildman–Crippen LogP) is 3.87. The van der Waals surface area contributed by atoms with Crippen molar-refractivity contribution in [1.82, 2.24) is 0 Å². The van der Waals surface area contributed by atoms with Crippen LogP contribution in [0.1, 0.15) is 60.3 Å². The standard InChI is InChI=1S/C16H26O3/c1-6-7-11(2)8-12(3)10-16(4,5)13-9-14(17)19-15(13)18/h10-11,13H,6-9H2,1-5H3/b12-10-. The van der Waals surface area contributed by atoms with E-state index < -0.39 is 5.97 Å². The molecule has 0 aromatic carbocycles. The van der Waals surface area contributed by atoms with Crippen LogP contribution in [0.25, 0.3) is 0 Å². The second kappa shape index (κ2) is 6.36. The van der Waals surface area contributed by atoms with E-state index >= 15 is 0 Å². The van der Waals surface area contributed by atoms with Crippen LogP contribution < -0.4 is 0 Å². The number of rotatable bonds is 6. The average Bonchev–Trinajstić information content (AvgIpc) is 2.57. The zero-order valence-corrected chi connectivity index (χ0v) is 12.8. The average molecular weight is 266 g/mol. The molecule has 1 heterocycles. The highest BCUT2D eigenvalue weighted by atomic mass is 16.6. The monoisotopic (exact) mass is 266 g/mol. The van der Waals surface area contributed by atoms with Gasteiger partial charge >= 0.3 is 11.9 Å². The van der Waals surface area contributed by atoms with Crippen LogP contribution in [0.4, 0.5) is 0 Å². The van der Waals surface area contributed by atoms with Crippen LogP contribution in [0.15, 0.2) is 11.6 Å². The Bertz CT molecular complexity index is 379. The second-order valence-corrected chi connectivity index (χ2v) is 6.46. The van der Waals surface area contributed by atoms with Crippen molar-refractivity contribution < 1.29 is 14.3 Å². The first kappa shape index (κ1) is 15.9. The molecule has 1 fully saturated rings. The van der Waals surface area contributed by atoms with E-state index in [0.29, 0.717) is 5.92 Å². The fraction of sp³-hybridized carbons (Fsp3) is 0.750. The third kappa shape index (κ3) is 4.48. The molecule has 1 saturated heterocycles. The van der Waals surface area contributed by atoms with Crippen molar-refractivity contribution in [3.63, 3.8) is 0 Å². The molecule has 3 heteroatoms. The zero-order chi connectivity index (χ0) is 14.6. The van der Waals surface area contributed by atoms with Crippen LogP contribution in [0.3, 0.4) is 0 Å². The van der Waals surface area contributed by atoms with Gasteiger partial charge in [-0.1, -0.05) is 52.2 Å². The molecule has 0 bridgehead atoms. The van der Waals surface area contributed by atoms with E-state index in [9.17, 15) is 9.59 Å². The smallest absolute Gasteiger partial charge is 0.318 e. The Morgan fingerprint density at radius 1 is 1.47 bits per heavy atom.